The van der Waals surface area contributed by atoms with Crippen molar-refractivity contribution in [2.45, 2.75) is 13.3 Å². The molecule has 0 aliphatic carbocycles. The van der Waals surface area contributed by atoms with Gasteiger partial charge in [0.1, 0.15) is 5.69 Å². The normalized spacial score (nSPS) is 12.2. The second-order valence-electron chi connectivity index (χ2n) is 4.68. The van der Waals surface area contributed by atoms with Gasteiger partial charge in [-0.05, 0) is 30.7 Å². The second-order valence-corrected chi connectivity index (χ2v) is 5.09. The molecule has 5 nitrogen and oxygen atoms in total. The molecule has 1 heterocycles. The zero-order chi connectivity index (χ0) is 14.5. The number of nitrogens with one attached hydrogen (secondary N) is 1. The summed E-state index contributed by atoms with van der Waals surface area (Å²) in [4.78, 5) is 12.0. The molecular weight excluding hydrogens is 276 g/mol. The van der Waals surface area contributed by atoms with Gasteiger partial charge in [-0.25, -0.2) is 4.68 Å². The van der Waals surface area contributed by atoms with Crippen LogP contribution in [0, 0.1) is 5.92 Å². The fourth-order valence-corrected chi connectivity index (χ4v) is 2.11. The van der Waals surface area contributed by atoms with Gasteiger partial charge < -0.3 is 11.1 Å². The number of hydrogen-bond donors (Lipinski definition) is 2. The third kappa shape index (κ3) is 3.37. The van der Waals surface area contributed by atoms with Crippen molar-refractivity contribution in [1.82, 2.24) is 9.78 Å². The SMILES string of the molecule is CC(CN)CC(=O)Nc1cccc(Cl)c1-n1cccn1. The molecule has 0 spiro atoms. The number of hydrogen-bond acceptors (Lipinski definition) is 3. The summed E-state index contributed by atoms with van der Waals surface area (Å²) < 4.78 is 1.63. The lowest BCUT2D eigenvalue weighted by Crippen LogP contribution is -2.20. The summed E-state index contributed by atoms with van der Waals surface area (Å²) in [5.41, 5.74) is 6.82. The second kappa shape index (κ2) is 6.54. The van der Waals surface area contributed by atoms with Crippen molar-refractivity contribution < 1.29 is 4.79 Å². The minimum Gasteiger partial charge on any atom is -0.330 e. The molecule has 106 valence electrons. The first-order valence-electron chi connectivity index (χ1n) is 6.40. The number of carbonyl (C=O) groups excluding carboxylic acids is 1. The zero-order valence-electron chi connectivity index (χ0n) is 11.2. The van der Waals surface area contributed by atoms with Gasteiger partial charge in [0.15, 0.2) is 0 Å². The van der Waals surface area contributed by atoms with Crippen LogP contribution in [0.3, 0.4) is 0 Å². The molecule has 6 heteroatoms. The van der Waals surface area contributed by atoms with E-state index in [9.17, 15) is 4.79 Å². The lowest BCUT2D eigenvalue weighted by Gasteiger charge is -2.14. The monoisotopic (exact) mass is 292 g/mol. The summed E-state index contributed by atoms with van der Waals surface area (Å²) in [5.74, 6) is 0.0564. The van der Waals surface area contributed by atoms with Crippen LogP contribution in [0.2, 0.25) is 5.02 Å². The first-order chi connectivity index (χ1) is 9.61. The van der Waals surface area contributed by atoms with Crippen molar-refractivity contribution in [3.05, 3.63) is 41.7 Å². The molecule has 0 saturated heterocycles. The predicted molar refractivity (Wildman–Crippen MR) is 80.0 cm³/mol. The van der Waals surface area contributed by atoms with Crippen molar-refractivity contribution in [1.29, 1.82) is 0 Å². The van der Waals surface area contributed by atoms with Crippen LogP contribution in [0.4, 0.5) is 5.69 Å². The number of nitrogens with zero attached hydrogens (tertiary/aromatic N) is 2. The topological polar surface area (TPSA) is 72.9 Å². The maximum atomic E-state index is 12.0. The van der Waals surface area contributed by atoms with E-state index in [2.05, 4.69) is 10.4 Å². The van der Waals surface area contributed by atoms with Gasteiger partial charge in [0.2, 0.25) is 5.91 Å². The molecule has 1 unspecified atom stereocenters. The van der Waals surface area contributed by atoms with Crippen molar-refractivity contribution in [3.63, 3.8) is 0 Å². The van der Waals surface area contributed by atoms with Gasteiger partial charge in [0.05, 0.1) is 10.7 Å². The Balaban J connectivity index is 2.24. The van der Waals surface area contributed by atoms with Crippen molar-refractivity contribution in [2.75, 3.05) is 11.9 Å². The van der Waals surface area contributed by atoms with E-state index in [0.717, 1.165) is 0 Å². The first-order valence-corrected chi connectivity index (χ1v) is 6.78. The van der Waals surface area contributed by atoms with Crippen LogP contribution < -0.4 is 11.1 Å². The summed E-state index contributed by atoms with van der Waals surface area (Å²) >= 11 is 6.21. The maximum Gasteiger partial charge on any atom is 0.224 e. The molecule has 0 fully saturated rings. The van der Waals surface area contributed by atoms with E-state index in [-0.39, 0.29) is 11.8 Å². The van der Waals surface area contributed by atoms with E-state index >= 15 is 0 Å². The van der Waals surface area contributed by atoms with Crippen LogP contribution in [0.1, 0.15) is 13.3 Å². The van der Waals surface area contributed by atoms with Crippen LogP contribution in [0.25, 0.3) is 5.69 Å². The maximum absolute atomic E-state index is 12.0. The number of aromatic nitrogens is 2. The number of amides is 1. The third-order valence-corrected chi connectivity index (χ3v) is 3.24. The quantitative estimate of drug-likeness (QED) is 0.889. The Morgan fingerprint density at radius 2 is 2.30 bits per heavy atom. The largest absolute Gasteiger partial charge is 0.330 e. The lowest BCUT2D eigenvalue weighted by atomic mass is 10.1. The summed E-state index contributed by atoms with van der Waals surface area (Å²) in [6.07, 6.45) is 3.81. The van der Waals surface area contributed by atoms with E-state index in [0.29, 0.717) is 29.4 Å². The van der Waals surface area contributed by atoms with Crippen LogP contribution >= 0.6 is 11.6 Å². The summed E-state index contributed by atoms with van der Waals surface area (Å²) in [5, 5.41) is 7.54. The van der Waals surface area contributed by atoms with Gasteiger partial charge in [-0.2, -0.15) is 5.10 Å². The molecule has 0 aliphatic rings. The fraction of sp³-hybridized carbons (Fsp3) is 0.286. The van der Waals surface area contributed by atoms with Gasteiger partial charge in [-0.1, -0.05) is 24.6 Å². The summed E-state index contributed by atoms with van der Waals surface area (Å²) in [7, 11) is 0. The smallest absolute Gasteiger partial charge is 0.224 e. The average Bonchev–Trinajstić information content (AvgIpc) is 2.92. The Labute approximate surface area is 122 Å². The Hall–Kier alpha value is -1.85. The number of benzene rings is 1. The fourth-order valence-electron chi connectivity index (χ4n) is 1.85. The molecule has 3 N–H and O–H groups in total. The van der Waals surface area contributed by atoms with E-state index < -0.39 is 0 Å². The molecule has 0 saturated carbocycles. The molecule has 2 rings (SSSR count). The van der Waals surface area contributed by atoms with Gasteiger partial charge in [-0.15, -0.1) is 0 Å². The Morgan fingerprint density at radius 3 is 2.95 bits per heavy atom. The van der Waals surface area contributed by atoms with E-state index in [1.807, 2.05) is 6.92 Å². The highest BCUT2D eigenvalue weighted by Crippen LogP contribution is 2.28. The van der Waals surface area contributed by atoms with Crippen LogP contribution in [0.15, 0.2) is 36.7 Å². The molecule has 1 amide bonds. The molecule has 20 heavy (non-hydrogen) atoms. The third-order valence-electron chi connectivity index (χ3n) is 2.93. The molecule has 0 aliphatic heterocycles. The Morgan fingerprint density at radius 1 is 1.50 bits per heavy atom. The average molecular weight is 293 g/mol. The number of para-hydroxylation sites is 1. The van der Waals surface area contributed by atoms with Crippen LogP contribution in [-0.4, -0.2) is 22.2 Å². The van der Waals surface area contributed by atoms with Gasteiger partial charge in [0, 0.05) is 18.8 Å². The number of carbonyl (C=O) groups is 1. The van der Waals surface area contributed by atoms with E-state index in [4.69, 9.17) is 17.3 Å². The van der Waals surface area contributed by atoms with Gasteiger partial charge in [-0.3, -0.25) is 4.79 Å². The molecule has 1 aromatic heterocycles. The lowest BCUT2D eigenvalue weighted by molar-refractivity contribution is -0.116. The minimum absolute atomic E-state index is 0.0846. The first kappa shape index (κ1) is 14.6. The van der Waals surface area contributed by atoms with Crippen molar-refractivity contribution in [3.8, 4) is 5.69 Å². The molecule has 0 bridgehead atoms. The van der Waals surface area contributed by atoms with Crippen molar-refractivity contribution >= 4 is 23.2 Å². The van der Waals surface area contributed by atoms with Gasteiger partial charge >= 0.3 is 0 Å². The molecule has 2 aromatic rings. The van der Waals surface area contributed by atoms with Crippen LogP contribution in [-0.2, 0) is 4.79 Å². The van der Waals surface area contributed by atoms with E-state index in [1.54, 1.807) is 41.3 Å². The van der Waals surface area contributed by atoms with Crippen molar-refractivity contribution in [2.24, 2.45) is 11.7 Å². The highest BCUT2D eigenvalue weighted by molar-refractivity contribution is 6.33. The van der Waals surface area contributed by atoms with Crippen LogP contribution in [0.5, 0.6) is 0 Å². The molecule has 0 radical (unpaired) electrons. The molecule has 1 atom stereocenters. The molecule has 1 aromatic carbocycles. The Kier molecular flexibility index (Phi) is 4.76. The molecular formula is C14H17ClN4O. The summed E-state index contributed by atoms with van der Waals surface area (Å²) in [6.45, 7) is 2.42. The highest BCUT2D eigenvalue weighted by atomic mass is 35.5. The van der Waals surface area contributed by atoms with Gasteiger partial charge in [0.25, 0.3) is 0 Å². The number of nitrogens with two attached hydrogens (primary N) is 1. The minimum atomic E-state index is -0.0846. The summed E-state index contributed by atoms with van der Waals surface area (Å²) in [6, 6.07) is 7.15. The Bertz CT molecular complexity index is 583. The van der Waals surface area contributed by atoms with E-state index in [1.165, 1.54) is 0 Å². The number of anilines is 1. The predicted octanol–water partition coefficient (Wildman–Crippen LogP) is 2.45. The number of halogens is 1. The highest BCUT2D eigenvalue weighted by Gasteiger charge is 2.13. The number of rotatable bonds is 5. The standard InChI is InChI=1S/C14H17ClN4O/c1-10(9-16)8-13(20)18-12-5-2-4-11(15)14(12)19-7-3-6-17-19/h2-7,10H,8-9,16H2,1H3,(H,18,20). The zero-order valence-corrected chi connectivity index (χ0v) is 12.0.